The molecule has 1 N–H and O–H groups in total. The summed E-state index contributed by atoms with van der Waals surface area (Å²) < 4.78 is 0. The molecule has 1 heterocycles. The summed E-state index contributed by atoms with van der Waals surface area (Å²) in [5.74, 6) is 0. The van der Waals surface area contributed by atoms with Crippen molar-refractivity contribution < 1.29 is 0 Å². The Morgan fingerprint density at radius 3 is 2.20 bits per heavy atom. The number of nitrogens with one attached hydrogen (secondary N) is 1. The predicted octanol–water partition coefficient (Wildman–Crippen LogP) is 2.64. The molecule has 1 aliphatic rings. The van der Waals surface area contributed by atoms with Gasteiger partial charge in [-0.25, -0.2) is 0 Å². The van der Waals surface area contributed by atoms with Crippen molar-refractivity contribution in [1.29, 1.82) is 0 Å². The fraction of sp³-hybridized carbons (Fsp3) is 1.00. The Balaban J connectivity index is 2.24. The smallest absolute Gasteiger partial charge is 0.00533 e. The Kier molecular flexibility index (Phi) is 6.26. The van der Waals surface area contributed by atoms with E-state index in [2.05, 4.69) is 31.0 Å². The molecular formula is C13H28N2. The normalized spacial score (nSPS) is 29.8. The van der Waals surface area contributed by atoms with E-state index in [1.807, 2.05) is 0 Å². The zero-order valence-electron chi connectivity index (χ0n) is 10.8. The molecule has 2 atom stereocenters. The molecule has 1 saturated heterocycles. The lowest BCUT2D eigenvalue weighted by Gasteiger charge is -2.30. The molecule has 15 heavy (non-hydrogen) atoms. The van der Waals surface area contributed by atoms with E-state index in [4.69, 9.17) is 0 Å². The van der Waals surface area contributed by atoms with Gasteiger partial charge in [0.2, 0.25) is 0 Å². The van der Waals surface area contributed by atoms with Gasteiger partial charge in [0.1, 0.15) is 0 Å². The van der Waals surface area contributed by atoms with Crippen LogP contribution in [-0.2, 0) is 0 Å². The van der Waals surface area contributed by atoms with E-state index in [-0.39, 0.29) is 0 Å². The zero-order chi connectivity index (χ0) is 11.1. The standard InChI is InChI=1S/C13H28N2/c1-4-5-6-9-15-10-7-12(2)14-13(3)8-11-15/h12-14H,4-11H2,1-3H3. The first-order valence-electron chi connectivity index (χ1n) is 6.70. The lowest BCUT2D eigenvalue weighted by atomic mass is 10.1. The molecule has 0 aromatic rings. The monoisotopic (exact) mass is 212 g/mol. The van der Waals surface area contributed by atoms with Crippen LogP contribution in [0.15, 0.2) is 0 Å². The van der Waals surface area contributed by atoms with Gasteiger partial charge in [-0.1, -0.05) is 19.8 Å². The molecule has 2 unspecified atom stereocenters. The second-order valence-corrected chi connectivity index (χ2v) is 5.09. The molecule has 0 radical (unpaired) electrons. The first kappa shape index (κ1) is 13.0. The van der Waals surface area contributed by atoms with Crippen LogP contribution in [-0.4, -0.2) is 36.6 Å². The van der Waals surface area contributed by atoms with Gasteiger partial charge >= 0.3 is 0 Å². The van der Waals surface area contributed by atoms with Crippen LogP contribution < -0.4 is 5.32 Å². The minimum atomic E-state index is 0.689. The maximum atomic E-state index is 3.64. The van der Waals surface area contributed by atoms with Crippen LogP contribution in [0.25, 0.3) is 0 Å². The van der Waals surface area contributed by atoms with Crippen LogP contribution in [0.1, 0.15) is 52.9 Å². The Labute approximate surface area is 95.4 Å². The van der Waals surface area contributed by atoms with Crippen molar-refractivity contribution in [3.63, 3.8) is 0 Å². The number of hydrogen-bond acceptors (Lipinski definition) is 2. The summed E-state index contributed by atoms with van der Waals surface area (Å²) in [5, 5.41) is 3.64. The van der Waals surface area contributed by atoms with Gasteiger partial charge in [0.15, 0.2) is 0 Å². The van der Waals surface area contributed by atoms with E-state index < -0.39 is 0 Å². The highest BCUT2D eigenvalue weighted by atomic mass is 15.1. The topological polar surface area (TPSA) is 15.3 Å². The van der Waals surface area contributed by atoms with Gasteiger partial charge < -0.3 is 10.2 Å². The van der Waals surface area contributed by atoms with Gasteiger partial charge in [-0.05, 0) is 52.7 Å². The molecular weight excluding hydrogens is 184 g/mol. The molecule has 90 valence electrons. The Morgan fingerprint density at radius 1 is 1.07 bits per heavy atom. The van der Waals surface area contributed by atoms with E-state index in [1.54, 1.807) is 0 Å². The number of rotatable bonds is 4. The van der Waals surface area contributed by atoms with E-state index in [0.717, 1.165) is 0 Å². The molecule has 1 rings (SSSR count). The quantitative estimate of drug-likeness (QED) is 0.721. The largest absolute Gasteiger partial charge is 0.312 e. The third-order valence-corrected chi connectivity index (χ3v) is 3.40. The zero-order valence-corrected chi connectivity index (χ0v) is 10.8. The van der Waals surface area contributed by atoms with Crippen LogP contribution in [0.2, 0.25) is 0 Å². The molecule has 0 aliphatic carbocycles. The average molecular weight is 212 g/mol. The maximum Gasteiger partial charge on any atom is 0.00533 e. The van der Waals surface area contributed by atoms with Crippen molar-refractivity contribution in [2.24, 2.45) is 0 Å². The summed E-state index contributed by atoms with van der Waals surface area (Å²) in [6, 6.07) is 1.38. The summed E-state index contributed by atoms with van der Waals surface area (Å²) in [7, 11) is 0. The molecule has 0 aromatic carbocycles. The second kappa shape index (κ2) is 7.24. The third kappa shape index (κ3) is 5.53. The van der Waals surface area contributed by atoms with Crippen molar-refractivity contribution >= 4 is 0 Å². The minimum Gasteiger partial charge on any atom is -0.312 e. The van der Waals surface area contributed by atoms with Gasteiger partial charge in [-0.15, -0.1) is 0 Å². The highest BCUT2D eigenvalue weighted by Crippen LogP contribution is 2.08. The van der Waals surface area contributed by atoms with Crippen LogP contribution in [0.5, 0.6) is 0 Å². The van der Waals surface area contributed by atoms with Crippen LogP contribution >= 0.6 is 0 Å². The van der Waals surface area contributed by atoms with Gasteiger partial charge in [0, 0.05) is 12.1 Å². The van der Waals surface area contributed by atoms with E-state index in [0.29, 0.717) is 12.1 Å². The van der Waals surface area contributed by atoms with Gasteiger partial charge in [-0.3, -0.25) is 0 Å². The number of unbranched alkanes of at least 4 members (excludes halogenated alkanes) is 2. The molecule has 1 fully saturated rings. The first-order chi connectivity index (χ1) is 7.22. The van der Waals surface area contributed by atoms with Crippen molar-refractivity contribution in [3.8, 4) is 0 Å². The summed E-state index contributed by atoms with van der Waals surface area (Å²) in [6.45, 7) is 10.8. The number of hydrogen-bond donors (Lipinski definition) is 1. The molecule has 0 bridgehead atoms. The Morgan fingerprint density at radius 2 is 1.67 bits per heavy atom. The average Bonchev–Trinajstić information content (AvgIpc) is 2.19. The van der Waals surface area contributed by atoms with Crippen LogP contribution in [0.3, 0.4) is 0 Å². The lowest BCUT2D eigenvalue weighted by molar-refractivity contribution is 0.215. The molecule has 1 aliphatic heterocycles. The van der Waals surface area contributed by atoms with Crippen molar-refractivity contribution in [3.05, 3.63) is 0 Å². The summed E-state index contributed by atoms with van der Waals surface area (Å²) in [5.41, 5.74) is 0. The van der Waals surface area contributed by atoms with E-state index in [1.165, 1.54) is 51.7 Å². The molecule has 2 nitrogen and oxygen atoms in total. The third-order valence-electron chi connectivity index (χ3n) is 3.40. The highest BCUT2D eigenvalue weighted by Gasteiger charge is 2.15. The molecule has 0 saturated carbocycles. The van der Waals surface area contributed by atoms with Crippen LogP contribution in [0, 0.1) is 0 Å². The van der Waals surface area contributed by atoms with Crippen LogP contribution in [0.4, 0.5) is 0 Å². The summed E-state index contributed by atoms with van der Waals surface area (Å²) in [4.78, 5) is 2.66. The fourth-order valence-corrected chi connectivity index (χ4v) is 2.33. The SMILES string of the molecule is CCCCCN1CCC(C)NC(C)CC1. The van der Waals surface area contributed by atoms with E-state index in [9.17, 15) is 0 Å². The van der Waals surface area contributed by atoms with Gasteiger partial charge in [-0.2, -0.15) is 0 Å². The lowest BCUT2D eigenvalue weighted by Crippen LogP contribution is -2.43. The van der Waals surface area contributed by atoms with Crippen molar-refractivity contribution in [2.45, 2.75) is 65.0 Å². The summed E-state index contributed by atoms with van der Waals surface area (Å²) >= 11 is 0. The number of nitrogens with zero attached hydrogens (tertiary/aromatic N) is 1. The Bertz CT molecular complexity index is 147. The fourth-order valence-electron chi connectivity index (χ4n) is 2.33. The van der Waals surface area contributed by atoms with Crippen molar-refractivity contribution in [2.75, 3.05) is 19.6 Å². The molecule has 0 amide bonds. The molecule has 2 heteroatoms. The summed E-state index contributed by atoms with van der Waals surface area (Å²) in [6.07, 6.45) is 6.71. The predicted molar refractivity (Wildman–Crippen MR) is 67.3 cm³/mol. The maximum absolute atomic E-state index is 3.64. The van der Waals surface area contributed by atoms with E-state index >= 15 is 0 Å². The highest BCUT2D eigenvalue weighted by molar-refractivity contribution is 4.74. The minimum absolute atomic E-state index is 0.689. The first-order valence-corrected chi connectivity index (χ1v) is 6.70. The molecule has 0 spiro atoms. The second-order valence-electron chi connectivity index (χ2n) is 5.09. The van der Waals surface area contributed by atoms with Gasteiger partial charge in [0.05, 0.1) is 0 Å². The van der Waals surface area contributed by atoms with Gasteiger partial charge in [0.25, 0.3) is 0 Å². The van der Waals surface area contributed by atoms with Crippen molar-refractivity contribution in [1.82, 2.24) is 10.2 Å². The Hall–Kier alpha value is -0.0800. The molecule has 0 aromatic heterocycles.